The Balaban J connectivity index is 2.46. The van der Waals surface area contributed by atoms with Crippen molar-refractivity contribution < 1.29 is 4.74 Å². The van der Waals surface area contributed by atoms with Gasteiger partial charge in [-0.2, -0.15) is 0 Å². The van der Waals surface area contributed by atoms with Crippen LogP contribution in [0.15, 0.2) is 24.5 Å². The lowest BCUT2D eigenvalue weighted by Gasteiger charge is -2.05. The molecule has 0 spiro atoms. The van der Waals surface area contributed by atoms with Crippen LogP contribution < -0.4 is 4.74 Å². The zero-order valence-corrected chi connectivity index (χ0v) is 9.40. The first-order valence-electron chi connectivity index (χ1n) is 5.20. The fraction of sp³-hybridized carbons (Fsp3) is 0.417. The van der Waals surface area contributed by atoms with Crippen molar-refractivity contribution in [2.24, 2.45) is 5.92 Å². The minimum absolute atomic E-state index is 0.613. The average Bonchev–Trinajstić information content (AvgIpc) is 2.60. The summed E-state index contributed by atoms with van der Waals surface area (Å²) < 4.78 is 7.30. The molecular weight excluding hydrogens is 188 g/mol. The first kappa shape index (κ1) is 10.0. The lowest BCUT2D eigenvalue weighted by Crippen LogP contribution is -2.00. The van der Waals surface area contributed by atoms with Crippen LogP contribution in [0.5, 0.6) is 5.75 Å². The van der Waals surface area contributed by atoms with E-state index in [9.17, 15) is 0 Å². The summed E-state index contributed by atoms with van der Waals surface area (Å²) in [5.74, 6) is 2.58. The molecule has 2 aromatic heterocycles. The molecule has 0 radical (unpaired) electrons. The molecule has 0 atom stereocenters. The summed E-state index contributed by atoms with van der Waals surface area (Å²) in [6.07, 6.45) is 4.87. The molecule has 0 N–H and O–H groups in total. The Morgan fingerprint density at radius 3 is 2.87 bits per heavy atom. The molecule has 0 aromatic carbocycles. The van der Waals surface area contributed by atoms with Gasteiger partial charge in [-0.05, 0) is 18.1 Å². The van der Waals surface area contributed by atoms with Crippen molar-refractivity contribution in [3.05, 3.63) is 30.4 Å². The van der Waals surface area contributed by atoms with Crippen LogP contribution in [0.3, 0.4) is 0 Å². The second kappa shape index (κ2) is 3.93. The van der Waals surface area contributed by atoms with Crippen molar-refractivity contribution in [2.75, 3.05) is 7.11 Å². The number of hydrogen-bond acceptors (Lipinski definition) is 2. The van der Waals surface area contributed by atoms with Crippen LogP contribution in [-0.4, -0.2) is 16.5 Å². The highest BCUT2D eigenvalue weighted by Gasteiger charge is 2.06. The molecule has 0 amide bonds. The number of rotatable bonds is 3. The number of imidazole rings is 1. The van der Waals surface area contributed by atoms with E-state index in [0.29, 0.717) is 5.92 Å². The minimum Gasteiger partial charge on any atom is -0.495 e. The van der Waals surface area contributed by atoms with E-state index >= 15 is 0 Å². The fourth-order valence-electron chi connectivity index (χ4n) is 1.66. The maximum absolute atomic E-state index is 5.20. The predicted molar refractivity (Wildman–Crippen MR) is 60.3 cm³/mol. The van der Waals surface area contributed by atoms with Gasteiger partial charge in [0.25, 0.3) is 0 Å². The van der Waals surface area contributed by atoms with Crippen LogP contribution in [0, 0.1) is 5.92 Å². The van der Waals surface area contributed by atoms with Crippen molar-refractivity contribution in [3.63, 3.8) is 0 Å². The van der Waals surface area contributed by atoms with Gasteiger partial charge in [0.15, 0.2) is 0 Å². The van der Waals surface area contributed by atoms with Crippen molar-refractivity contribution >= 4 is 5.52 Å². The molecule has 80 valence electrons. The largest absolute Gasteiger partial charge is 0.495 e. The zero-order valence-electron chi connectivity index (χ0n) is 9.40. The molecule has 0 saturated heterocycles. The summed E-state index contributed by atoms with van der Waals surface area (Å²) >= 11 is 0. The lowest BCUT2D eigenvalue weighted by molar-refractivity contribution is 0.412. The Bertz CT molecular complexity index is 460. The maximum atomic E-state index is 5.20. The highest BCUT2D eigenvalue weighted by Crippen LogP contribution is 2.16. The number of hydrogen-bond donors (Lipinski definition) is 0. The quantitative estimate of drug-likeness (QED) is 0.768. The smallest absolute Gasteiger partial charge is 0.135 e. The predicted octanol–water partition coefficient (Wildman–Crippen LogP) is 2.54. The zero-order chi connectivity index (χ0) is 10.8. The SMILES string of the molecule is COc1ccc2cnc(CC(C)C)n2c1. The number of nitrogens with zero attached hydrogens (tertiary/aromatic N) is 2. The second-order valence-corrected chi connectivity index (χ2v) is 4.14. The Hall–Kier alpha value is -1.51. The van der Waals surface area contributed by atoms with Gasteiger partial charge >= 0.3 is 0 Å². The van der Waals surface area contributed by atoms with Gasteiger partial charge in [-0.1, -0.05) is 13.8 Å². The second-order valence-electron chi connectivity index (χ2n) is 4.14. The fourth-order valence-corrected chi connectivity index (χ4v) is 1.66. The highest BCUT2D eigenvalue weighted by atomic mass is 16.5. The molecule has 3 heteroatoms. The molecule has 0 aliphatic rings. The molecule has 0 aliphatic carbocycles. The van der Waals surface area contributed by atoms with Gasteiger partial charge in [-0.15, -0.1) is 0 Å². The number of aromatic nitrogens is 2. The van der Waals surface area contributed by atoms with E-state index in [1.807, 2.05) is 24.5 Å². The monoisotopic (exact) mass is 204 g/mol. The Kier molecular flexibility index (Phi) is 2.62. The number of pyridine rings is 1. The number of methoxy groups -OCH3 is 1. The third-order valence-electron chi connectivity index (χ3n) is 2.40. The molecule has 15 heavy (non-hydrogen) atoms. The molecule has 0 fully saturated rings. The van der Waals surface area contributed by atoms with E-state index in [2.05, 4.69) is 23.2 Å². The molecule has 2 heterocycles. The Labute approximate surface area is 89.7 Å². The summed E-state index contributed by atoms with van der Waals surface area (Å²) in [5.41, 5.74) is 1.12. The molecular formula is C12H16N2O. The van der Waals surface area contributed by atoms with Crippen LogP contribution in [-0.2, 0) is 6.42 Å². The number of ether oxygens (including phenoxy) is 1. The Morgan fingerprint density at radius 2 is 2.20 bits per heavy atom. The summed E-state index contributed by atoms with van der Waals surface area (Å²) in [5, 5.41) is 0. The van der Waals surface area contributed by atoms with Gasteiger partial charge in [0.05, 0.1) is 25.0 Å². The van der Waals surface area contributed by atoms with Gasteiger partial charge < -0.3 is 9.14 Å². The summed E-state index contributed by atoms with van der Waals surface area (Å²) in [4.78, 5) is 4.42. The van der Waals surface area contributed by atoms with Crippen LogP contribution in [0.2, 0.25) is 0 Å². The standard InChI is InChI=1S/C12H16N2O/c1-9(2)6-12-13-7-10-4-5-11(15-3)8-14(10)12/h4-5,7-9H,6H2,1-3H3. The first-order valence-corrected chi connectivity index (χ1v) is 5.20. The lowest BCUT2D eigenvalue weighted by atomic mass is 10.1. The highest BCUT2D eigenvalue weighted by molar-refractivity contribution is 5.48. The van der Waals surface area contributed by atoms with Gasteiger partial charge in [-0.25, -0.2) is 4.98 Å². The van der Waals surface area contributed by atoms with Crippen LogP contribution >= 0.6 is 0 Å². The minimum atomic E-state index is 0.613. The van der Waals surface area contributed by atoms with E-state index in [1.165, 1.54) is 0 Å². The van der Waals surface area contributed by atoms with E-state index in [4.69, 9.17) is 4.74 Å². The van der Waals surface area contributed by atoms with E-state index in [-0.39, 0.29) is 0 Å². The molecule has 3 nitrogen and oxygen atoms in total. The van der Waals surface area contributed by atoms with Gasteiger partial charge in [0.2, 0.25) is 0 Å². The van der Waals surface area contributed by atoms with E-state index < -0.39 is 0 Å². The van der Waals surface area contributed by atoms with Crippen molar-refractivity contribution in [2.45, 2.75) is 20.3 Å². The van der Waals surface area contributed by atoms with Gasteiger partial charge in [0.1, 0.15) is 11.6 Å². The normalized spacial score (nSPS) is 11.2. The molecule has 2 rings (SSSR count). The van der Waals surface area contributed by atoms with Gasteiger partial charge in [-0.3, -0.25) is 0 Å². The third-order valence-corrected chi connectivity index (χ3v) is 2.40. The van der Waals surface area contributed by atoms with Crippen LogP contribution in [0.1, 0.15) is 19.7 Å². The van der Waals surface area contributed by atoms with Crippen LogP contribution in [0.25, 0.3) is 5.52 Å². The number of fused-ring (bicyclic) bond motifs is 1. The Morgan fingerprint density at radius 1 is 1.40 bits per heavy atom. The van der Waals surface area contributed by atoms with E-state index in [1.54, 1.807) is 7.11 Å². The van der Waals surface area contributed by atoms with Crippen LogP contribution in [0.4, 0.5) is 0 Å². The molecule has 0 bridgehead atoms. The maximum Gasteiger partial charge on any atom is 0.135 e. The molecule has 0 saturated carbocycles. The van der Waals surface area contributed by atoms with E-state index in [0.717, 1.165) is 23.5 Å². The van der Waals surface area contributed by atoms with Crippen molar-refractivity contribution in [1.82, 2.24) is 9.38 Å². The summed E-state index contributed by atoms with van der Waals surface area (Å²) in [6, 6.07) is 3.98. The van der Waals surface area contributed by atoms with Gasteiger partial charge in [0, 0.05) is 6.42 Å². The first-order chi connectivity index (χ1) is 7.20. The summed E-state index contributed by atoms with van der Waals surface area (Å²) in [6.45, 7) is 4.39. The summed E-state index contributed by atoms with van der Waals surface area (Å²) in [7, 11) is 1.68. The topological polar surface area (TPSA) is 26.5 Å². The average molecular weight is 204 g/mol. The van der Waals surface area contributed by atoms with Crippen molar-refractivity contribution in [1.29, 1.82) is 0 Å². The molecule has 0 aliphatic heterocycles. The third kappa shape index (κ3) is 1.96. The molecule has 2 aromatic rings. The molecule has 0 unspecified atom stereocenters. The van der Waals surface area contributed by atoms with Crippen molar-refractivity contribution in [3.8, 4) is 5.75 Å².